The zero-order valence-electron chi connectivity index (χ0n) is 10.8. The van der Waals surface area contributed by atoms with Gasteiger partial charge in [-0.3, -0.25) is 9.67 Å². The summed E-state index contributed by atoms with van der Waals surface area (Å²) in [5.74, 6) is 0. The summed E-state index contributed by atoms with van der Waals surface area (Å²) in [5.41, 5.74) is 9.95. The Bertz CT molecular complexity index is 562. The monoisotopic (exact) mass is 264 g/mol. The summed E-state index contributed by atoms with van der Waals surface area (Å²) in [7, 11) is 1.83. The number of hydrogen-bond acceptors (Lipinski definition) is 3. The molecule has 0 aliphatic heterocycles. The van der Waals surface area contributed by atoms with E-state index in [0.29, 0.717) is 11.6 Å². The van der Waals surface area contributed by atoms with E-state index in [9.17, 15) is 0 Å². The van der Waals surface area contributed by atoms with Crippen molar-refractivity contribution in [2.45, 2.75) is 26.3 Å². The van der Waals surface area contributed by atoms with Gasteiger partial charge in [-0.15, -0.1) is 0 Å². The number of aryl methyl sites for hydroxylation is 3. The summed E-state index contributed by atoms with van der Waals surface area (Å²) in [6.07, 6.45) is 0.648. The average Bonchev–Trinajstić information content (AvgIpc) is 2.56. The molecule has 0 amide bonds. The maximum Gasteiger partial charge on any atom is 0.130 e. The van der Waals surface area contributed by atoms with Gasteiger partial charge in [-0.1, -0.05) is 17.7 Å². The van der Waals surface area contributed by atoms with Gasteiger partial charge in [0.05, 0.1) is 17.4 Å². The highest BCUT2D eigenvalue weighted by Gasteiger charge is 2.16. The molecule has 0 fully saturated rings. The lowest BCUT2D eigenvalue weighted by Gasteiger charge is -2.11. The van der Waals surface area contributed by atoms with E-state index in [1.165, 1.54) is 0 Å². The van der Waals surface area contributed by atoms with E-state index in [1.807, 2.05) is 39.1 Å². The Balaban J connectivity index is 2.24. The summed E-state index contributed by atoms with van der Waals surface area (Å²) in [6, 6.07) is 5.70. The molecule has 0 bridgehead atoms. The number of halogens is 1. The lowest BCUT2D eigenvalue weighted by Crippen LogP contribution is -2.15. The van der Waals surface area contributed by atoms with E-state index >= 15 is 0 Å². The molecule has 0 aliphatic carbocycles. The van der Waals surface area contributed by atoms with Gasteiger partial charge < -0.3 is 5.73 Å². The van der Waals surface area contributed by atoms with Crippen LogP contribution in [-0.4, -0.2) is 14.8 Å². The minimum Gasteiger partial charge on any atom is -0.322 e. The molecule has 5 heteroatoms. The fourth-order valence-electron chi connectivity index (χ4n) is 2.00. The predicted molar refractivity (Wildman–Crippen MR) is 72.6 cm³/mol. The second kappa shape index (κ2) is 5.08. The molecule has 1 atom stereocenters. The van der Waals surface area contributed by atoms with Crippen LogP contribution in [0.2, 0.25) is 5.15 Å². The van der Waals surface area contributed by atoms with Gasteiger partial charge in [0.15, 0.2) is 0 Å². The van der Waals surface area contributed by atoms with Crippen molar-refractivity contribution in [2.24, 2.45) is 12.8 Å². The van der Waals surface area contributed by atoms with Gasteiger partial charge in [-0.2, -0.15) is 5.10 Å². The molecular weight excluding hydrogens is 248 g/mol. The predicted octanol–water partition coefficient (Wildman–Crippen LogP) is 2.33. The lowest BCUT2D eigenvalue weighted by molar-refractivity contribution is 0.690. The van der Waals surface area contributed by atoms with Crippen molar-refractivity contribution in [3.63, 3.8) is 0 Å². The van der Waals surface area contributed by atoms with E-state index in [0.717, 1.165) is 22.6 Å². The highest BCUT2D eigenvalue weighted by Crippen LogP contribution is 2.23. The summed E-state index contributed by atoms with van der Waals surface area (Å²) in [5, 5.41) is 4.93. The van der Waals surface area contributed by atoms with Gasteiger partial charge >= 0.3 is 0 Å². The van der Waals surface area contributed by atoms with Crippen molar-refractivity contribution in [1.29, 1.82) is 0 Å². The van der Waals surface area contributed by atoms with Gasteiger partial charge in [-0.25, -0.2) is 0 Å². The highest BCUT2D eigenvalue weighted by molar-refractivity contribution is 6.30. The SMILES string of the molecule is Cc1cccc(C(N)Cc2c(C)nn(C)c2Cl)n1. The first kappa shape index (κ1) is 13.1. The molecule has 0 saturated carbocycles. The molecule has 4 nitrogen and oxygen atoms in total. The van der Waals surface area contributed by atoms with Crippen molar-refractivity contribution < 1.29 is 0 Å². The number of aromatic nitrogens is 3. The number of hydrogen-bond donors (Lipinski definition) is 1. The molecule has 2 N–H and O–H groups in total. The smallest absolute Gasteiger partial charge is 0.130 e. The minimum atomic E-state index is -0.162. The lowest BCUT2D eigenvalue weighted by atomic mass is 10.0. The van der Waals surface area contributed by atoms with Crippen LogP contribution in [0.4, 0.5) is 0 Å². The molecule has 0 radical (unpaired) electrons. The van der Waals surface area contributed by atoms with Crippen LogP contribution in [0, 0.1) is 13.8 Å². The van der Waals surface area contributed by atoms with E-state index in [2.05, 4.69) is 10.1 Å². The number of nitrogens with two attached hydrogens (primary N) is 1. The second-order valence-corrected chi connectivity index (χ2v) is 4.85. The van der Waals surface area contributed by atoms with Crippen LogP contribution in [0.15, 0.2) is 18.2 Å². The topological polar surface area (TPSA) is 56.7 Å². The highest BCUT2D eigenvalue weighted by atomic mass is 35.5. The number of rotatable bonds is 3. The normalized spacial score (nSPS) is 12.7. The van der Waals surface area contributed by atoms with Gasteiger partial charge in [0, 0.05) is 18.3 Å². The molecule has 0 aromatic carbocycles. The number of pyridine rings is 1. The Labute approximate surface area is 112 Å². The van der Waals surface area contributed by atoms with Crippen molar-refractivity contribution in [3.05, 3.63) is 46.0 Å². The second-order valence-electron chi connectivity index (χ2n) is 4.49. The minimum absolute atomic E-state index is 0.162. The summed E-state index contributed by atoms with van der Waals surface area (Å²) in [6.45, 7) is 3.90. The fraction of sp³-hybridized carbons (Fsp3) is 0.385. The first-order chi connectivity index (χ1) is 8.49. The van der Waals surface area contributed by atoms with E-state index in [4.69, 9.17) is 17.3 Å². The number of nitrogens with zero attached hydrogens (tertiary/aromatic N) is 3. The maximum atomic E-state index is 6.20. The van der Waals surface area contributed by atoms with E-state index in [-0.39, 0.29) is 6.04 Å². The molecule has 0 aliphatic rings. The van der Waals surface area contributed by atoms with Gasteiger partial charge in [-0.05, 0) is 32.4 Å². The van der Waals surface area contributed by atoms with Crippen LogP contribution in [0.5, 0.6) is 0 Å². The van der Waals surface area contributed by atoms with Crippen LogP contribution in [-0.2, 0) is 13.5 Å². The van der Waals surface area contributed by atoms with Crippen LogP contribution in [0.3, 0.4) is 0 Å². The molecule has 96 valence electrons. The first-order valence-electron chi connectivity index (χ1n) is 5.86. The molecule has 2 aromatic heterocycles. The largest absolute Gasteiger partial charge is 0.322 e. The first-order valence-corrected chi connectivity index (χ1v) is 6.24. The Kier molecular flexibility index (Phi) is 3.68. The third-order valence-corrected chi connectivity index (χ3v) is 3.46. The zero-order valence-corrected chi connectivity index (χ0v) is 11.6. The van der Waals surface area contributed by atoms with Gasteiger partial charge in [0.25, 0.3) is 0 Å². The van der Waals surface area contributed by atoms with Crippen LogP contribution in [0.25, 0.3) is 0 Å². The molecule has 0 saturated heterocycles. The summed E-state index contributed by atoms with van der Waals surface area (Å²) >= 11 is 6.20. The van der Waals surface area contributed by atoms with Crippen LogP contribution < -0.4 is 5.73 Å². The standard InChI is InChI=1S/C13H17ClN4/c1-8-5-4-6-12(16-8)11(15)7-10-9(2)17-18(3)13(10)14/h4-6,11H,7,15H2,1-3H3. The summed E-state index contributed by atoms with van der Waals surface area (Å²) < 4.78 is 1.67. The van der Waals surface area contributed by atoms with Crippen LogP contribution >= 0.6 is 11.6 Å². The zero-order chi connectivity index (χ0) is 13.3. The molecule has 0 spiro atoms. The Hall–Kier alpha value is -1.39. The Morgan fingerprint density at radius 1 is 1.39 bits per heavy atom. The average molecular weight is 265 g/mol. The maximum absolute atomic E-state index is 6.20. The molecule has 2 rings (SSSR count). The van der Waals surface area contributed by atoms with Crippen molar-refractivity contribution in [2.75, 3.05) is 0 Å². The van der Waals surface area contributed by atoms with Crippen molar-refractivity contribution in [1.82, 2.24) is 14.8 Å². The molecule has 2 aromatic rings. The van der Waals surface area contributed by atoms with Crippen molar-refractivity contribution >= 4 is 11.6 Å². The molecule has 1 unspecified atom stereocenters. The summed E-state index contributed by atoms with van der Waals surface area (Å²) in [4.78, 5) is 4.44. The quantitative estimate of drug-likeness (QED) is 0.926. The van der Waals surface area contributed by atoms with Gasteiger partial charge in [0.1, 0.15) is 5.15 Å². The van der Waals surface area contributed by atoms with Gasteiger partial charge in [0.2, 0.25) is 0 Å². The van der Waals surface area contributed by atoms with Crippen molar-refractivity contribution in [3.8, 4) is 0 Å². The van der Waals surface area contributed by atoms with E-state index < -0.39 is 0 Å². The van der Waals surface area contributed by atoms with E-state index in [1.54, 1.807) is 4.68 Å². The fourth-order valence-corrected chi connectivity index (χ4v) is 2.25. The third-order valence-electron chi connectivity index (χ3n) is 2.98. The van der Waals surface area contributed by atoms with Crippen LogP contribution in [0.1, 0.15) is 28.7 Å². The third kappa shape index (κ3) is 2.54. The Morgan fingerprint density at radius 2 is 2.11 bits per heavy atom. The molecule has 2 heterocycles. The Morgan fingerprint density at radius 3 is 2.67 bits per heavy atom. The molecular formula is C13H17ClN4. The molecule has 18 heavy (non-hydrogen) atoms.